The lowest BCUT2D eigenvalue weighted by molar-refractivity contribution is 0.579. The van der Waals surface area contributed by atoms with Crippen molar-refractivity contribution in [2.24, 2.45) is 0 Å². The van der Waals surface area contributed by atoms with E-state index in [4.69, 9.17) is 11.8 Å². The maximum Gasteiger partial charge on any atom is 0.241 e. The Labute approximate surface area is 209 Å². The molecule has 0 saturated carbocycles. The summed E-state index contributed by atoms with van der Waals surface area (Å²) in [6, 6.07) is 31.6. The van der Waals surface area contributed by atoms with Crippen molar-refractivity contribution < 1.29 is 8.42 Å². The highest BCUT2D eigenvalue weighted by Gasteiger charge is 2.36. The summed E-state index contributed by atoms with van der Waals surface area (Å²) >= 11 is 10.0. The van der Waals surface area contributed by atoms with Crippen molar-refractivity contribution >= 4 is 54.4 Å². The maximum absolute atomic E-state index is 13.6. The number of aryl methyl sites for hydroxylation is 1. The molecule has 0 aliphatic rings. The minimum atomic E-state index is -3.84. The first-order chi connectivity index (χ1) is 15.8. The van der Waals surface area contributed by atoms with Gasteiger partial charge in [-0.2, -0.15) is 4.72 Å². The van der Waals surface area contributed by atoms with Gasteiger partial charge < -0.3 is 0 Å². The summed E-state index contributed by atoms with van der Waals surface area (Å²) in [6.45, 7) is 1.93. The zero-order valence-corrected chi connectivity index (χ0v) is 22.0. The summed E-state index contributed by atoms with van der Waals surface area (Å²) in [4.78, 5) is 0.218. The molecule has 168 valence electrons. The van der Waals surface area contributed by atoms with Gasteiger partial charge in [0.2, 0.25) is 10.0 Å². The molecule has 4 rings (SSSR count). The third-order valence-corrected chi connectivity index (χ3v) is 12.7. The molecule has 0 heterocycles. The first-order valence-electron chi connectivity index (χ1n) is 10.4. The molecular weight excluding hydrogens is 533 g/mol. The van der Waals surface area contributed by atoms with Crippen molar-refractivity contribution in [2.45, 2.75) is 17.6 Å². The van der Waals surface area contributed by atoms with Crippen molar-refractivity contribution in [2.75, 3.05) is 0 Å². The Hall–Kier alpha value is -2.08. The van der Waals surface area contributed by atoms with E-state index in [1.54, 1.807) is 24.3 Å². The predicted octanol–water partition coefficient (Wildman–Crippen LogP) is 5.87. The minimum absolute atomic E-state index is 0.218. The maximum atomic E-state index is 13.6. The van der Waals surface area contributed by atoms with Gasteiger partial charge in [0, 0.05) is 10.5 Å². The third-order valence-electron chi connectivity index (χ3n) is 5.41. The normalized spacial score (nSPS) is 12.9. The Balaban J connectivity index is 1.94. The van der Waals surface area contributed by atoms with Gasteiger partial charge in [0.1, 0.15) is 0 Å². The van der Waals surface area contributed by atoms with E-state index in [0.717, 1.165) is 26.2 Å². The van der Waals surface area contributed by atoms with E-state index in [0.29, 0.717) is 0 Å². The largest absolute Gasteiger partial charge is 0.241 e. The SMILES string of the molecule is Cc1ccc(S(=O)(=O)N[C@H](c2cccc(Br)c2)P(=S)(c2ccccc2)c2ccccc2)cc1. The lowest BCUT2D eigenvalue weighted by Crippen LogP contribution is -2.34. The van der Waals surface area contributed by atoms with Gasteiger partial charge in [0.25, 0.3) is 0 Å². The molecule has 0 bridgehead atoms. The van der Waals surface area contributed by atoms with Gasteiger partial charge in [-0.3, -0.25) is 0 Å². The second-order valence-electron chi connectivity index (χ2n) is 7.72. The number of hydrogen-bond acceptors (Lipinski definition) is 3. The van der Waals surface area contributed by atoms with Crippen LogP contribution in [0, 0.1) is 6.92 Å². The number of halogens is 1. The summed E-state index contributed by atoms with van der Waals surface area (Å²) in [6.07, 6.45) is 0. The molecule has 4 aromatic carbocycles. The molecule has 7 heteroatoms. The summed E-state index contributed by atoms with van der Waals surface area (Å²) in [5, 5.41) is 1.89. The Morgan fingerprint density at radius 3 is 1.85 bits per heavy atom. The molecule has 0 unspecified atom stereocenters. The molecule has 0 saturated heterocycles. The second-order valence-corrected chi connectivity index (χ2v) is 14.9. The molecule has 33 heavy (non-hydrogen) atoms. The van der Waals surface area contributed by atoms with Gasteiger partial charge >= 0.3 is 0 Å². The highest BCUT2D eigenvalue weighted by Crippen LogP contribution is 2.56. The van der Waals surface area contributed by atoms with Crippen LogP contribution in [0.4, 0.5) is 0 Å². The summed E-state index contributed by atoms with van der Waals surface area (Å²) in [5.74, 6) is -0.638. The quantitative estimate of drug-likeness (QED) is 0.290. The second kappa shape index (κ2) is 10.0. The standard InChI is InChI=1S/C26H23BrNO2PS2/c1-20-15-17-25(18-16-20)33(29,30)28-26(21-9-8-10-22(27)19-21)31(32,23-11-4-2-5-12-23)24-13-6-3-7-14-24/h2-19,26,28H,1H3/t26-/m0/s1. The van der Waals surface area contributed by atoms with E-state index < -0.39 is 21.8 Å². The first kappa shape index (κ1) is 24.1. The van der Waals surface area contributed by atoms with Crippen LogP contribution >= 0.6 is 22.0 Å². The van der Waals surface area contributed by atoms with Crippen molar-refractivity contribution in [3.8, 4) is 0 Å². The Morgan fingerprint density at radius 2 is 1.33 bits per heavy atom. The molecule has 1 atom stereocenters. The zero-order chi connectivity index (χ0) is 23.5. The predicted molar refractivity (Wildman–Crippen MR) is 145 cm³/mol. The van der Waals surface area contributed by atoms with Crippen LogP contribution in [-0.2, 0) is 21.8 Å². The summed E-state index contributed by atoms with van der Waals surface area (Å²) < 4.78 is 31.0. The molecule has 0 aromatic heterocycles. The fourth-order valence-corrected chi connectivity index (χ4v) is 10.4. The fourth-order valence-electron chi connectivity index (χ4n) is 3.71. The number of nitrogens with one attached hydrogen (secondary N) is 1. The van der Waals surface area contributed by atoms with E-state index in [1.807, 2.05) is 91.9 Å². The van der Waals surface area contributed by atoms with Gasteiger partial charge in [0.05, 0.1) is 10.7 Å². The van der Waals surface area contributed by atoms with E-state index in [2.05, 4.69) is 20.7 Å². The van der Waals surface area contributed by atoms with E-state index in [-0.39, 0.29) is 4.90 Å². The topological polar surface area (TPSA) is 46.2 Å². The van der Waals surface area contributed by atoms with Crippen LogP contribution in [0.2, 0.25) is 0 Å². The van der Waals surface area contributed by atoms with Gasteiger partial charge in [-0.05, 0) is 47.4 Å². The molecule has 0 aliphatic heterocycles. The molecule has 0 fully saturated rings. The lowest BCUT2D eigenvalue weighted by atomic mass is 10.2. The van der Waals surface area contributed by atoms with Crippen LogP contribution in [0.5, 0.6) is 0 Å². The van der Waals surface area contributed by atoms with Gasteiger partial charge in [-0.25, -0.2) is 8.42 Å². The van der Waals surface area contributed by atoms with Crippen LogP contribution in [-0.4, -0.2) is 8.42 Å². The molecule has 1 N–H and O–H groups in total. The van der Waals surface area contributed by atoms with Crippen LogP contribution < -0.4 is 15.3 Å². The fraction of sp³-hybridized carbons (Fsp3) is 0.0769. The number of sulfonamides is 1. The van der Waals surface area contributed by atoms with Crippen molar-refractivity contribution in [1.82, 2.24) is 4.72 Å². The Kier molecular flexibility index (Phi) is 7.32. The van der Waals surface area contributed by atoms with E-state index in [9.17, 15) is 8.42 Å². The average molecular weight is 556 g/mol. The molecule has 4 aromatic rings. The van der Waals surface area contributed by atoms with Gasteiger partial charge in [0.15, 0.2) is 0 Å². The zero-order valence-electron chi connectivity index (χ0n) is 17.9. The highest BCUT2D eigenvalue weighted by molar-refractivity contribution is 9.10. The van der Waals surface area contributed by atoms with Crippen molar-refractivity contribution in [1.29, 1.82) is 0 Å². The Bertz CT molecular complexity index is 1350. The number of hydrogen-bond donors (Lipinski definition) is 1. The highest BCUT2D eigenvalue weighted by atomic mass is 79.9. The third kappa shape index (κ3) is 5.21. The smallest absolute Gasteiger partial charge is 0.207 e. The molecule has 0 aliphatic carbocycles. The van der Waals surface area contributed by atoms with Crippen LogP contribution in [0.3, 0.4) is 0 Å². The van der Waals surface area contributed by atoms with Gasteiger partial charge in [-0.1, -0.05) is 118 Å². The average Bonchev–Trinajstić information content (AvgIpc) is 2.83. The molecular formula is C26H23BrNO2PS2. The summed E-state index contributed by atoms with van der Waals surface area (Å²) in [7, 11) is -3.84. The summed E-state index contributed by atoms with van der Waals surface area (Å²) in [5.41, 5.74) is 1.81. The minimum Gasteiger partial charge on any atom is -0.207 e. The lowest BCUT2D eigenvalue weighted by Gasteiger charge is -2.33. The van der Waals surface area contributed by atoms with Crippen molar-refractivity contribution in [3.63, 3.8) is 0 Å². The molecule has 0 radical (unpaired) electrons. The molecule has 0 amide bonds. The van der Waals surface area contributed by atoms with Gasteiger partial charge in [-0.15, -0.1) is 0 Å². The monoisotopic (exact) mass is 555 g/mol. The van der Waals surface area contributed by atoms with Crippen LogP contribution in [0.25, 0.3) is 0 Å². The molecule has 3 nitrogen and oxygen atoms in total. The van der Waals surface area contributed by atoms with Crippen LogP contribution in [0.15, 0.2) is 119 Å². The van der Waals surface area contributed by atoms with Crippen LogP contribution in [0.1, 0.15) is 16.9 Å². The van der Waals surface area contributed by atoms with Crippen molar-refractivity contribution in [3.05, 3.63) is 125 Å². The first-order valence-corrected chi connectivity index (χ1v) is 15.5. The van der Waals surface area contributed by atoms with E-state index >= 15 is 0 Å². The number of rotatable bonds is 7. The molecule has 0 spiro atoms. The van der Waals surface area contributed by atoms with E-state index in [1.165, 1.54) is 0 Å². The Morgan fingerprint density at radius 1 is 0.788 bits per heavy atom. The number of benzene rings is 4.